The zero-order chi connectivity index (χ0) is 21.7. The van der Waals surface area contributed by atoms with Gasteiger partial charge in [0.2, 0.25) is 0 Å². The summed E-state index contributed by atoms with van der Waals surface area (Å²) in [7, 11) is 0. The first kappa shape index (κ1) is 21.1. The SMILES string of the molecule is CCCOC(=O)C(C)Oc1cccc2c(Oc3c(F)cc(C#N)cc3F)cccc12. The summed E-state index contributed by atoms with van der Waals surface area (Å²) in [5.41, 5.74) is -0.144. The van der Waals surface area contributed by atoms with Crippen LogP contribution in [0.1, 0.15) is 25.8 Å². The van der Waals surface area contributed by atoms with E-state index in [1.54, 1.807) is 49.4 Å². The summed E-state index contributed by atoms with van der Waals surface area (Å²) < 4.78 is 44.8. The Balaban J connectivity index is 1.93. The zero-order valence-electron chi connectivity index (χ0n) is 16.4. The van der Waals surface area contributed by atoms with Crippen molar-refractivity contribution in [3.05, 3.63) is 65.7 Å². The fourth-order valence-corrected chi connectivity index (χ4v) is 2.83. The van der Waals surface area contributed by atoms with Gasteiger partial charge in [0.05, 0.1) is 18.2 Å². The molecule has 0 heterocycles. The Labute approximate surface area is 172 Å². The van der Waals surface area contributed by atoms with Gasteiger partial charge in [-0.15, -0.1) is 0 Å². The minimum Gasteiger partial charge on any atom is -0.478 e. The average Bonchev–Trinajstić information content (AvgIpc) is 2.74. The summed E-state index contributed by atoms with van der Waals surface area (Å²) in [5.74, 6) is -2.46. The Bertz CT molecular complexity index is 1100. The van der Waals surface area contributed by atoms with Crippen molar-refractivity contribution in [3.63, 3.8) is 0 Å². The Morgan fingerprint density at radius 3 is 2.27 bits per heavy atom. The smallest absolute Gasteiger partial charge is 0.347 e. The summed E-state index contributed by atoms with van der Waals surface area (Å²) in [5, 5.41) is 9.96. The molecule has 0 bridgehead atoms. The predicted molar refractivity (Wildman–Crippen MR) is 106 cm³/mol. The van der Waals surface area contributed by atoms with Gasteiger partial charge in [0, 0.05) is 10.8 Å². The van der Waals surface area contributed by atoms with Gasteiger partial charge in [0.15, 0.2) is 23.5 Å². The van der Waals surface area contributed by atoms with Crippen LogP contribution >= 0.6 is 0 Å². The third kappa shape index (κ3) is 4.49. The van der Waals surface area contributed by atoms with E-state index < -0.39 is 29.5 Å². The number of hydrogen-bond donors (Lipinski definition) is 0. The molecule has 0 fully saturated rings. The normalized spacial score (nSPS) is 11.6. The number of nitriles is 1. The molecule has 3 aromatic rings. The molecule has 3 rings (SSSR count). The number of nitrogens with zero attached hydrogens (tertiary/aromatic N) is 1. The molecular formula is C23H19F2NO4. The molecule has 0 aliphatic heterocycles. The van der Waals surface area contributed by atoms with E-state index in [1.165, 1.54) is 0 Å². The van der Waals surface area contributed by atoms with Crippen molar-refractivity contribution in [2.75, 3.05) is 6.61 Å². The van der Waals surface area contributed by atoms with Gasteiger partial charge in [-0.25, -0.2) is 13.6 Å². The number of esters is 1. The zero-order valence-corrected chi connectivity index (χ0v) is 16.4. The van der Waals surface area contributed by atoms with Crippen LogP contribution in [0.4, 0.5) is 8.78 Å². The van der Waals surface area contributed by atoms with E-state index in [9.17, 15) is 13.6 Å². The van der Waals surface area contributed by atoms with Crippen molar-refractivity contribution in [3.8, 4) is 23.3 Å². The molecule has 1 atom stereocenters. The van der Waals surface area contributed by atoms with Gasteiger partial charge in [-0.1, -0.05) is 31.2 Å². The summed E-state index contributed by atoms with van der Waals surface area (Å²) in [6.07, 6.45) is -0.129. The monoisotopic (exact) mass is 411 g/mol. The van der Waals surface area contributed by atoms with Gasteiger partial charge >= 0.3 is 5.97 Å². The molecule has 7 heteroatoms. The van der Waals surface area contributed by atoms with Crippen molar-refractivity contribution in [1.82, 2.24) is 0 Å². The highest BCUT2D eigenvalue weighted by Crippen LogP contribution is 2.36. The lowest BCUT2D eigenvalue weighted by Gasteiger charge is -2.16. The predicted octanol–water partition coefficient (Wildman–Crippen LogP) is 5.50. The number of hydrogen-bond acceptors (Lipinski definition) is 5. The Morgan fingerprint density at radius 1 is 1.07 bits per heavy atom. The second-order valence-corrected chi connectivity index (χ2v) is 6.52. The van der Waals surface area contributed by atoms with Crippen molar-refractivity contribution in [2.24, 2.45) is 0 Å². The van der Waals surface area contributed by atoms with Crippen LogP contribution in [0.2, 0.25) is 0 Å². The molecule has 1 unspecified atom stereocenters. The number of rotatable bonds is 7. The van der Waals surface area contributed by atoms with Crippen molar-refractivity contribution in [2.45, 2.75) is 26.4 Å². The number of fused-ring (bicyclic) bond motifs is 1. The molecule has 5 nitrogen and oxygen atoms in total. The topological polar surface area (TPSA) is 68.6 Å². The molecule has 0 aromatic heterocycles. The maximum absolute atomic E-state index is 14.2. The number of carbonyl (C=O) groups is 1. The fourth-order valence-electron chi connectivity index (χ4n) is 2.83. The second-order valence-electron chi connectivity index (χ2n) is 6.52. The molecule has 0 aliphatic carbocycles. The third-order valence-corrected chi connectivity index (χ3v) is 4.27. The molecule has 0 spiro atoms. The van der Waals surface area contributed by atoms with E-state index in [-0.39, 0.29) is 11.3 Å². The van der Waals surface area contributed by atoms with E-state index >= 15 is 0 Å². The first-order chi connectivity index (χ1) is 14.4. The molecule has 0 N–H and O–H groups in total. The Morgan fingerprint density at radius 2 is 1.67 bits per heavy atom. The fraction of sp³-hybridized carbons (Fsp3) is 0.217. The summed E-state index contributed by atoms with van der Waals surface area (Å²) in [6, 6.07) is 13.5. The lowest BCUT2D eigenvalue weighted by molar-refractivity contribution is -0.151. The molecule has 0 radical (unpaired) electrons. The van der Waals surface area contributed by atoms with E-state index in [2.05, 4.69) is 0 Å². The number of benzene rings is 3. The third-order valence-electron chi connectivity index (χ3n) is 4.27. The van der Waals surface area contributed by atoms with Gasteiger partial charge in [-0.05, 0) is 37.6 Å². The Hall–Kier alpha value is -3.66. The van der Waals surface area contributed by atoms with Crippen LogP contribution in [0.3, 0.4) is 0 Å². The standard InChI is InChI=1S/C23H19F2NO4/c1-3-10-28-23(27)14(2)29-20-8-4-7-17-16(20)6-5-9-21(17)30-22-18(24)11-15(13-26)12-19(22)25/h4-9,11-12,14H,3,10H2,1-2H3. The van der Waals surface area contributed by atoms with Crippen LogP contribution in [0.5, 0.6) is 17.2 Å². The maximum Gasteiger partial charge on any atom is 0.347 e. The number of halogens is 2. The van der Waals surface area contributed by atoms with Gasteiger partial charge in [-0.3, -0.25) is 0 Å². The van der Waals surface area contributed by atoms with E-state index in [4.69, 9.17) is 19.5 Å². The second kappa shape index (κ2) is 9.23. The number of carbonyl (C=O) groups excluding carboxylic acids is 1. The summed E-state index contributed by atoms with van der Waals surface area (Å²) in [4.78, 5) is 12.0. The van der Waals surface area contributed by atoms with Crippen LogP contribution in [0.15, 0.2) is 48.5 Å². The van der Waals surface area contributed by atoms with Crippen LogP contribution in [-0.2, 0) is 9.53 Å². The highest BCUT2D eigenvalue weighted by atomic mass is 19.1. The van der Waals surface area contributed by atoms with Crippen LogP contribution in [0, 0.1) is 23.0 Å². The summed E-state index contributed by atoms with van der Waals surface area (Å²) >= 11 is 0. The minimum atomic E-state index is -0.983. The molecule has 0 amide bonds. The largest absolute Gasteiger partial charge is 0.478 e. The van der Waals surface area contributed by atoms with Crippen LogP contribution in [0.25, 0.3) is 10.8 Å². The van der Waals surface area contributed by atoms with Gasteiger partial charge in [-0.2, -0.15) is 5.26 Å². The molecule has 3 aromatic carbocycles. The van der Waals surface area contributed by atoms with Crippen LogP contribution < -0.4 is 9.47 Å². The van der Waals surface area contributed by atoms with Gasteiger partial charge in [0.25, 0.3) is 0 Å². The quantitative estimate of drug-likeness (QED) is 0.480. The average molecular weight is 411 g/mol. The molecule has 0 saturated carbocycles. The maximum atomic E-state index is 14.2. The van der Waals surface area contributed by atoms with Crippen molar-refractivity contribution >= 4 is 16.7 Å². The van der Waals surface area contributed by atoms with Gasteiger partial charge < -0.3 is 14.2 Å². The van der Waals surface area contributed by atoms with Crippen molar-refractivity contribution < 1.29 is 27.8 Å². The molecular weight excluding hydrogens is 392 g/mol. The first-order valence-electron chi connectivity index (χ1n) is 9.36. The van der Waals surface area contributed by atoms with Crippen LogP contribution in [-0.4, -0.2) is 18.7 Å². The van der Waals surface area contributed by atoms with E-state index in [0.29, 0.717) is 29.5 Å². The molecule has 0 saturated heterocycles. The first-order valence-corrected chi connectivity index (χ1v) is 9.36. The lowest BCUT2D eigenvalue weighted by Crippen LogP contribution is -2.26. The van der Waals surface area contributed by atoms with Gasteiger partial charge in [0.1, 0.15) is 11.5 Å². The number of ether oxygens (including phenoxy) is 3. The molecule has 30 heavy (non-hydrogen) atoms. The van der Waals surface area contributed by atoms with Crippen molar-refractivity contribution in [1.29, 1.82) is 5.26 Å². The molecule has 154 valence electrons. The molecule has 0 aliphatic rings. The lowest BCUT2D eigenvalue weighted by atomic mass is 10.1. The Kier molecular flexibility index (Phi) is 6.48. The minimum absolute atomic E-state index is 0.144. The van der Waals surface area contributed by atoms with E-state index in [0.717, 1.165) is 12.1 Å². The van der Waals surface area contributed by atoms with E-state index in [1.807, 2.05) is 6.92 Å². The summed E-state index contributed by atoms with van der Waals surface area (Å²) in [6.45, 7) is 3.78. The highest BCUT2D eigenvalue weighted by Gasteiger charge is 2.19. The highest BCUT2D eigenvalue weighted by molar-refractivity contribution is 5.93.